The summed E-state index contributed by atoms with van der Waals surface area (Å²) < 4.78 is 11.0. The normalized spacial score (nSPS) is 13.0. The van der Waals surface area contributed by atoms with Crippen molar-refractivity contribution < 1.29 is 14.3 Å². The largest absolute Gasteiger partial charge is 0.463 e. The van der Waals surface area contributed by atoms with Gasteiger partial charge in [-0.25, -0.2) is 9.97 Å². The smallest absolute Gasteiger partial charge is 0.316 e. The third kappa shape index (κ3) is 7.65. The van der Waals surface area contributed by atoms with Crippen molar-refractivity contribution in [2.75, 3.05) is 6.61 Å². The molecule has 5 nitrogen and oxygen atoms in total. The first-order chi connectivity index (χ1) is 14.0. The number of esters is 1. The number of halogens is 1. The van der Waals surface area contributed by atoms with E-state index in [1.165, 1.54) is 12.8 Å². The molecule has 2 aromatic rings. The van der Waals surface area contributed by atoms with Gasteiger partial charge in [-0.3, -0.25) is 4.79 Å². The van der Waals surface area contributed by atoms with Crippen molar-refractivity contribution in [3.8, 4) is 22.9 Å². The lowest BCUT2D eigenvalue weighted by atomic mass is 10.0. The standard InChI is InChI=1S/C23H31ClN2O3/c1-4-6-7-8-14-28-23-25-15-19(16-26-23)18-10-12-20(13-11-18)29-22(27)17(3)21(24)9-5-2/h10-13,15-17,21H,4-9,14H2,1-3H3/t17-,21-/m1/s1. The number of benzene rings is 1. The van der Waals surface area contributed by atoms with Crippen molar-refractivity contribution in [2.45, 2.75) is 64.7 Å². The average Bonchev–Trinajstić information content (AvgIpc) is 2.74. The molecule has 0 saturated carbocycles. The van der Waals surface area contributed by atoms with Gasteiger partial charge in [-0.1, -0.05) is 58.6 Å². The SMILES string of the molecule is CCCCCCOc1ncc(-c2ccc(OC(=O)[C@H](C)[C@H](Cl)CCC)cc2)cn1. The predicted octanol–water partition coefficient (Wildman–Crippen LogP) is 6.05. The Morgan fingerprint density at radius 1 is 1.00 bits per heavy atom. The molecule has 0 N–H and O–H groups in total. The molecule has 29 heavy (non-hydrogen) atoms. The number of ether oxygens (including phenoxy) is 2. The zero-order chi connectivity index (χ0) is 21.1. The Morgan fingerprint density at radius 2 is 1.69 bits per heavy atom. The number of rotatable bonds is 12. The van der Waals surface area contributed by atoms with Crippen molar-refractivity contribution in [1.82, 2.24) is 9.97 Å². The highest BCUT2D eigenvalue weighted by atomic mass is 35.5. The Balaban J connectivity index is 1.88. The number of carbonyl (C=O) groups is 1. The highest BCUT2D eigenvalue weighted by Crippen LogP contribution is 2.24. The molecule has 0 spiro atoms. The van der Waals surface area contributed by atoms with Crippen LogP contribution in [0, 0.1) is 5.92 Å². The van der Waals surface area contributed by atoms with Gasteiger partial charge in [0.2, 0.25) is 0 Å². The maximum Gasteiger partial charge on any atom is 0.316 e. The first-order valence-electron chi connectivity index (χ1n) is 10.5. The highest BCUT2D eigenvalue weighted by Gasteiger charge is 2.23. The second-order valence-corrected chi connectivity index (χ2v) is 7.76. The van der Waals surface area contributed by atoms with Gasteiger partial charge < -0.3 is 9.47 Å². The Hall–Kier alpha value is -2.14. The van der Waals surface area contributed by atoms with Gasteiger partial charge in [-0.15, -0.1) is 11.6 Å². The zero-order valence-electron chi connectivity index (χ0n) is 17.6. The molecule has 0 unspecified atom stereocenters. The molecular formula is C23H31ClN2O3. The summed E-state index contributed by atoms with van der Waals surface area (Å²) in [6.45, 7) is 6.67. The molecule has 1 heterocycles. The number of hydrogen-bond donors (Lipinski definition) is 0. The maximum atomic E-state index is 12.2. The summed E-state index contributed by atoms with van der Waals surface area (Å²) in [6.07, 6.45) is 9.79. The van der Waals surface area contributed by atoms with Crippen LogP contribution in [-0.4, -0.2) is 27.9 Å². The van der Waals surface area contributed by atoms with Crippen molar-refractivity contribution in [3.05, 3.63) is 36.7 Å². The molecule has 0 fully saturated rings. The zero-order valence-corrected chi connectivity index (χ0v) is 18.3. The van der Waals surface area contributed by atoms with Gasteiger partial charge in [0.15, 0.2) is 0 Å². The van der Waals surface area contributed by atoms with Crippen LogP contribution in [0.5, 0.6) is 11.8 Å². The monoisotopic (exact) mass is 418 g/mol. The van der Waals surface area contributed by atoms with E-state index in [1.54, 1.807) is 31.5 Å². The van der Waals surface area contributed by atoms with E-state index < -0.39 is 0 Å². The van der Waals surface area contributed by atoms with Gasteiger partial charge >= 0.3 is 12.0 Å². The Bertz CT molecular complexity index is 735. The first kappa shape index (κ1) is 23.1. The molecule has 2 atom stereocenters. The van der Waals surface area contributed by atoms with E-state index in [0.717, 1.165) is 36.8 Å². The van der Waals surface area contributed by atoms with Crippen LogP contribution in [0.25, 0.3) is 11.1 Å². The van der Waals surface area contributed by atoms with Crippen molar-refractivity contribution in [1.29, 1.82) is 0 Å². The summed E-state index contributed by atoms with van der Waals surface area (Å²) in [5.41, 5.74) is 1.81. The van der Waals surface area contributed by atoms with Crippen LogP contribution in [0.3, 0.4) is 0 Å². The van der Waals surface area contributed by atoms with E-state index in [4.69, 9.17) is 21.1 Å². The van der Waals surface area contributed by atoms with Gasteiger partial charge in [0.05, 0.1) is 12.5 Å². The summed E-state index contributed by atoms with van der Waals surface area (Å²) in [5.74, 6) is -0.159. The van der Waals surface area contributed by atoms with Gasteiger partial charge in [0.25, 0.3) is 0 Å². The average molecular weight is 419 g/mol. The second-order valence-electron chi connectivity index (χ2n) is 7.20. The molecule has 0 aliphatic rings. The van der Waals surface area contributed by atoms with E-state index in [-0.39, 0.29) is 17.3 Å². The van der Waals surface area contributed by atoms with E-state index in [9.17, 15) is 4.79 Å². The molecular weight excluding hydrogens is 388 g/mol. The summed E-state index contributed by atoms with van der Waals surface area (Å²) >= 11 is 6.24. The minimum absolute atomic E-state index is 0.212. The van der Waals surface area contributed by atoms with Gasteiger partial charge in [-0.05, 0) is 30.5 Å². The molecule has 0 aliphatic carbocycles. The molecule has 0 saturated heterocycles. The fourth-order valence-corrected chi connectivity index (χ4v) is 3.15. The molecule has 6 heteroatoms. The van der Waals surface area contributed by atoms with Crippen molar-refractivity contribution >= 4 is 17.6 Å². The van der Waals surface area contributed by atoms with Crippen LogP contribution in [0.1, 0.15) is 59.3 Å². The number of aromatic nitrogens is 2. The number of hydrogen-bond acceptors (Lipinski definition) is 5. The van der Waals surface area contributed by atoms with Crippen LogP contribution in [0.4, 0.5) is 0 Å². The quantitative estimate of drug-likeness (QED) is 0.181. The number of alkyl halides is 1. The Labute approximate surface area is 178 Å². The Morgan fingerprint density at radius 3 is 2.31 bits per heavy atom. The van der Waals surface area contributed by atoms with Crippen LogP contribution in [-0.2, 0) is 4.79 Å². The van der Waals surface area contributed by atoms with Crippen LogP contribution >= 0.6 is 11.6 Å². The fraction of sp³-hybridized carbons (Fsp3) is 0.522. The second kappa shape index (κ2) is 12.4. The summed E-state index contributed by atoms with van der Waals surface area (Å²) in [5, 5.41) is -0.212. The third-order valence-electron chi connectivity index (χ3n) is 4.74. The fourth-order valence-electron chi connectivity index (χ4n) is 2.83. The van der Waals surface area contributed by atoms with E-state index in [2.05, 4.69) is 16.9 Å². The third-order valence-corrected chi connectivity index (χ3v) is 5.34. The van der Waals surface area contributed by atoms with Crippen LogP contribution in [0.15, 0.2) is 36.7 Å². The molecule has 1 aromatic carbocycles. The molecule has 0 aliphatic heterocycles. The molecule has 1 aromatic heterocycles. The molecule has 0 radical (unpaired) electrons. The molecule has 2 rings (SSSR count). The van der Waals surface area contributed by atoms with Gasteiger partial charge in [0, 0.05) is 23.3 Å². The lowest BCUT2D eigenvalue weighted by Crippen LogP contribution is -2.25. The molecule has 0 amide bonds. The van der Waals surface area contributed by atoms with Gasteiger partial charge in [-0.2, -0.15) is 0 Å². The number of carbonyl (C=O) groups excluding carboxylic acids is 1. The number of nitrogens with zero attached hydrogens (tertiary/aromatic N) is 2. The minimum atomic E-state index is -0.348. The van der Waals surface area contributed by atoms with E-state index in [1.807, 2.05) is 19.1 Å². The summed E-state index contributed by atoms with van der Waals surface area (Å²) in [6, 6.07) is 7.68. The van der Waals surface area contributed by atoms with Gasteiger partial charge in [0.1, 0.15) is 5.75 Å². The summed E-state index contributed by atoms with van der Waals surface area (Å²) in [7, 11) is 0. The molecule has 0 bridgehead atoms. The van der Waals surface area contributed by atoms with E-state index >= 15 is 0 Å². The lowest BCUT2D eigenvalue weighted by molar-refractivity contribution is -0.138. The molecule has 158 valence electrons. The topological polar surface area (TPSA) is 61.3 Å². The predicted molar refractivity (Wildman–Crippen MR) is 116 cm³/mol. The number of unbranched alkanes of at least 4 members (excludes halogenated alkanes) is 3. The highest BCUT2D eigenvalue weighted by molar-refractivity contribution is 6.21. The van der Waals surface area contributed by atoms with Crippen LogP contribution in [0.2, 0.25) is 0 Å². The minimum Gasteiger partial charge on any atom is -0.463 e. The van der Waals surface area contributed by atoms with Crippen LogP contribution < -0.4 is 9.47 Å². The maximum absolute atomic E-state index is 12.2. The first-order valence-corrected chi connectivity index (χ1v) is 10.9. The van der Waals surface area contributed by atoms with E-state index in [0.29, 0.717) is 18.4 Å². The lowest BCUT2D eigenvalue weighted by Gasteiger charge is -2.16. The Kier molecular flexibility index (Phi) is 9.92. The summed E-state index contributed by atoms with van der Waals surface area (Å²) in [4.78, 5) is 20.8. The van der Waals surface area contributed by atoms with Crippen molar-refractivity contribution in [2.24, 2.45) is 5.92 Å². The van der Waals surface area contributed by atoms with Crippen molar-refractivity contribution in [3.63, 3.8) is 0 Å².